The van der Waals surface area contributed by atoms with Crippen LogP contribution in [-0.2, 0) is 12.8 Å². The van der Waals surface area contributed by atoms with Crippen LogP contribution < -0.4 is 0 Å². The Bertz CT molecular complexity index is 3710. The average molecular weight is 842 g/mol. The number of hydrogen-bond acceptors (Lipinski definition) is 3. The van der Waals surface area contributed by atoms with Crippen LogP contribution in [0.1, 0.15) is 24.0 Å². The first-order valence-electron chi connectivity index (χ1n) is 23.1. The zero-order valence-corrected chi connectivity index (χ0v) is 36.4. The maximum absolute atomic E-state index is 5.48. The molecule has 1 aliphatic rings. The molecule has 1 aromatic heterocycles. The summed E-state index contributed by atoms with van der Waals surface area (Å²) in [5.74, 6) is 1.93. The molecule has 0 fully saturated rings. The Balaban J connectivity index is 1.05. The molecule has 11 aromatic carbocycles. The number of rotatable bonds is 6. The van der Waals surface area contributed by atoms with Crippen LogP contribution in [0.2, 0.25) is 0 Å². The van der Waals surface area contributed by atoms with Gasteiger partial charge in [-0.05, 0) is 142 Å². The number of fused-ring (bicyclic) bond motifs is 6. The van der Waals surface area contributed by atoms with Crippen LogP contribution in [0.15, 0.2) is 212 Å². The SMILES string of the molecule is c1cc2c(c(-c3ccc(-c4nc(-c5ccc(-c6cccc7ccccc67)c6ccccc56)nc(-c5ccc(-c6cccc7ccccc67)c6ccccc56)n4)c4ccccc34)c1)CCCC2. The molecule has 66 heavy (non-hydrogen) atoms. The van der Waals surface area contributed by atoms with Crippen LogP contribution in [0.4, 0.5) is 0 Å². The maximum Gasteiger partial charge on any atom is 0.164 e. The maximum atomic E-state index is 5.48. The van der Waals surface area contributed by atoms with Crippen molar-refractivity contribution in [3.8, 4) is 67.5 Å². The van der Waals surface area contributed by atoms with Gasteiger partial charge in [0.15, 0.2) is 17.5 Å². The van der Waals surface area contributed by atoms with Crippen molar-refractivity contribution in [1.29, 1.82) is 0 Å². The molecular weight excluding hydrogens is 799 g/mol. The van der Waals surface area contributed by atoms with Gasteiger partial charge in [0.1, 0.15) is 0 Å². The van der Waals surface area contributed by atoms with Crippen LogP contribution in [0, 0.1) is 0 Å². The van der Waals surface area contributed by atoms with E-state index in [4.69, 9.17) is 15.0 Å². The first-order chi connectivity index (χ1) is 32.7. The van der Waals surface area contributed by atoms with Gasteiger partial charge in [0.05, 0.1) is 0 Å². The summed E-state index contributed by atoms with van der Waals surface area (Å²) >= 11 is 0. The van der Waals surface area contributed by atoms with Crippen molar-refractivity contribution >= 4 is 53.9 Å². The lowest BCUT2D eigenvalue weighted by atomic mass is 9.84. The van der Waals surface area contributed by atoms with Gasteiger partial charge in [-0.25, -0.2) is 15.0 Å². The van der Waals surface area contributed by atoms with Crippen molar-refractivity contribution in [2.24, 2.45) is 0 Å². The van der Waals surface area contributed by atoms with E-state index in [1.807, 2.05) is 0 Å². The molecule has 0 saturated carbocycles. The lowest BCUT2D eigenvalue weighted by Gasteiger charge is -2.21. The van der Waals surface area contributed by atoms with Crippen LogP contribution >= 0.6 is 0 Å². The summed E-state index contributed by atoms with van der Waals surface area (Å²) in [7, 11) is 0. The molecule has 0 radical (unpaired) electrons. The van der Waals surface area contributed by atoms with Gasteiger partial charge >= 0.3 is 0 Å². The largest absolute Gasteiger partial charge is 0.208 e. The standard InChI is InChI=1S/C63H43N3/c1-4-22-43-40(16-1)19-13-31-46(43)55-34-37-58(52-28-10-7-25-49(52)55)61-64-62(59-38-35-56(50-26-8-11-29-53(50)59)47-32-14-20-41-17-2-5-23-44(41)47)66-63(65-61)60-39-36-57(51-27-9-12-30-54(51)60)48-33-15-21-42-18-3-6-24-45(42)48/h1-2,4-5,7-17,19-23,25-39H,3,6,18,24H2. The fourth-order valence-electron chi connectivity index (χ4n) is 10.9. The van der Waals surface area contributed by atoms with Crippen molar-refractivity contribution in [3.05, 3.63) is 223 Å². The summed E-state index contributed by atoms with van der Waals surface area (Å²) in [6, 6.07) is 76.9. The molecule has 0 atom stereocenters. The van der Waals surface area contributed by atoms with Gasteiger partial charge < -0.3 is 0 Å². The van der Waals surface area contributed by atoms with E-state index in [-0.39, 0.29) is 0 Å². The van der Waals surface area contributed by atoms with Gasteiger partial charge in [-0.1, -0.05) is 194 Å². The predicted molar refractivity (Wildman–Crippen MR) is 277 cm³/mol. The summed E-state index contributed by atoms with van der Waals surface area (Å²) in [5.41, 5.74) is 13.3. The zero-order valence-electron chi connectivity index (χ0n) is 36.4. The quantitative estimate of drug-likeness (QED) is 0.167. The first-order valence-corrected chi connectivity index (χ1v) is 23.1. The molecule has 1 aliphatic carbocycles. The Hall–Kier alpha value is -8.27. The van der Waals surface area contributed by atoms with Gasteiger partial charge in [-0.3, -0.25) is 0 Å². The number of aromatic nitrogens is 3. The second-order valence-corrected chi connectivity index (χ2v) is 17.6. The Morgan fingerprint density at radius 3 is 0.985 bits per heavy atom. The third-order valence-electron chi connectivity index (χ3n) is 14.0. The molecule has 1 heterocycles. The normalized spacial score (nSPS) is 12.6. The molecule has 310 valence electrons. The fourth-order valence-corrected chi connectivity index (χ4v) is 10.9. The van der Waals surface area contributed by atoms with E-state index in [1.165, 1.54) is 84.3 Å². The van der Waals surface area contributed by atoms with Gasteiger partial charge in [0.2, 0.25) is 0 Å². The number of aryl methyl sites for hydroxylation is 1. The minimum Gasteiger partial charge on any atom is -0.208 e. The van der Waals surface area contributed by atoms with Crippen molar-refractivity contribution in [2.75, 3.05) is 0 Å². The Labute approximate surface area is 383 Å². The van der Waals surface area contributed by atoms with E-state index in [0.717, 1.165) is 56.5 Å². The summed E-state index contributed by atoms with van der Waals surface area (Å²) in [5, 5.41) is 11.7. The predicted octanol–water partition coefficient (Wildman–Crippen LogP) is 16.5. The molecule has 3 nitrogen and oxygen atoms in total. The number of nitrogens with zero attached hydrogens (tertiary/aromatic N) is 3. The molecule has 12 aromatic rings. The van der Waals surface area contributed by atoms with E-state index in [1.54, 1.807) is 0 Å². The summed E-state index contributed by atoms with van der Waals surface area (Å²) in [6.07, 6.45) is 4.74. The number of hydrogen-bond donors (Lipinski definition) is 0. The highest BCUT2D eigenvalue weighted by atomic mass is 15.0. The monoisotopic (exact) mass is 841 g/mol. The molecule has 0 saturated heterocycles. The van der Waals surface area contributed by atoms with Gasteiger partial charge in [-0.15, -0.1) is 0 Å². The summed E-state index contributed by atoms with van der Waals surface area (Å²) in [4.78, 5) is 16.4. The molecule has 0 N–H and O–H groups in total. The topological polar surface area (TPSA) is 38.7 Å². The van der Waals surface area contributed by atoms with Crippen LogP contribution in [0.25, 0.3) is 121 Å². The smallest absolute Gasteiger partial charge is 0.164 e. The highest BCUT2D eigenvalue weighted by molar-refractivity contribution is 6.11. The Morgan fingerprint density at radius 1 is 0.227 bits per heavy atom. The lowest BCUT2D eigenvalue weighted by molar-refractivity contribution is 0.687. The van der Waals surface area contributed by atoms with E-state index >= 15 is 0 Å². The number of benzene rings is 11. The van der Waals surface area contributed by atoms with Crippen LogP contribution in [0.5, 0.6) is 0 Å². The van der Waals surface area contributed by atoms with E-state index < -0.39 is 0 Å². The lowest BCUT2D eigenvalue weighted by Crippen LogP contribution is -2.04. The molecule has 0 aliphatic heterocycles. The van der Waals surface area contributed by atoms with Crippen LogP contribution in [0.3, 0.4) is 0 Å². The van der Waals surface area contributed by atoms with Gasteiger partial charge in [0.25, 0.3) is 0 Å². The van der Waals surface area contributed by atoms with E-state index in [2.05, 4.69) is 212 Å². The van der Waals surface area contributed by atoms with E-state index in [9.17, 15) is 0 Å². The van der Waals surface area contributed by atoms with Crippen molar-refractivity contribution in [1.82, 2.24) is 15.0 Å². The van der Waals surface area contributed by atoms with Crippen LogP contribution in [-0.4, -0.2) is 15.0 Å². The molecule has 0 unspecified atom stereocenters. The molecule has 3 heteroatoms. The summed E-state index contributed by atoms with van der Waals surface area (Å²) in [6.45, 7) is 0. The minimum absolute atomic E-state index is 0.642. The molecular formula is C63H43N3. The third kappa shape index (κ3) is 6.30. The fraction of sp³-hybridized carbons (Fsp3) is 0.0635. The molecule has 13 rings (SSSR count). The molecule has 0 bridgehead atoms. The highest BCUT2D eigenvalue weighted by Gasteiger charge is 2.22. The van der Waals surface area contributed by atoms with Crippen molar-refractivity contribution < 1.29 is 0 Å². The summed E-state index contributed by atoms with van der Waals surface area (Å²) < 4.78 is 0. The minimum atomic E-state index is 0.642. The zero-order chi connectivity index (χ0) is 43.6. The second-order valence-electron chi connectivity index (χ2n) is 17.6. The van der Waals surface area contributed by atoms with Gasteiger partial charge in [0, 0.05) is 16.7 Å². The second kappa shape index (κ2) is 15.8. The Morgan fingerprint density at radius 2 is 0.530 bits per heavy atom. The van der Waals surface area contributed by atoms with Crippen molar-refractivity contribution in [2.45, 2.75) is 25.7 Å². The highest BCUT2D eigenvalue weighted by Crippen LogP contribution is 2.43. The first kappa shape index (κ1) is 38.2. The van der Waals surface area contributed by atoms with Gasteiger partial charge in [-0.2, -0.15) is 0 Å². The average Bonchev–Trinajstić information content (AvgIpc) is 3.39. The molecule has 0 amide bonds. The third-order valence-corrected chi connectivity index (χ3v) is 14.0. The Kier molecular flexibility index (Phi) is 9.13. The van der Waals surface area contributed by atoms with Crippen molar-refractivity contribution in [3.63, 3.8) is 0 Å². The molecule has 0 spiro atoms. The van der Waals surface area contributed by atoms with E-state index in [0.29, 0.717) is 17.5 Å².